The van der Waals surface area contributed by atoms with E-state index in [9.17, 15) is 15.0 Å². The minimum absolute atomic E-state index is 0.0195. The summed E-state index contributed by atoms with van der Waals surface area (Å²) in [5, 5.41) is 19.9. The molecule has 0 aliphatic heterocycles. The number of aliphatic hydroxyl groups excluding tert-OH is 1. The lowest BCUT2D eigenvalue weighted by atomic mass is 9.58. The zero-order valence-electron chi connectivity index (χ0n) is 15.7. The topological polar surface area (TPSA) is 57.5 Å². The van der Waals surface area contributed by atoms with Gasteiger partial charge in [-0.05, 0) is 40.8 Å². The molecule has 0 radical (unpaired) electrons. The van der Waals surface area contributed by atoms with E-state index in [4.69, 9.17) is 0 Å². The molecule has 0 amide bonds. The van der Waals surface area contributed by atoms with Crippen LogP contribution in [-0.2, 0) is 5.41 Å². The maximum absolute atomic E-state index is 13.3. The van der Waals surface area contributed by atoms with Crippen LogP contribution in [0.4, 0.5) is 0 Å². The summed E-state index contributed by atoms with van der Waals surface area (Å²) in [5.74, 6) is 0.215. The van der Waals surface area contributed by atoms with Gasteiger partial charge < -0.3 is 10.2 Å². The third-order valence-electron chi connectivity index (χ3n) is 5.96. The lowest BCUT2D eigenvalue weighted by molar-refractivity contribution is 0.103. The SMILES string of the molecule is O=C1c2ccccc2C(C2=CCC(O)C=C2)(c2ccc(O)cc2)c2ccccc21. The average molecular weight is 380 g/mol. The fourth-order valence-corrected chi connectivity index (χ4v) is 4.69. The summed E-state index contributed by atoms with van der Waals surface area (Å²) < 4.78 is 0. The van der Waals surface area contributed by atoms with Crippen LogP contribution in [-0.4, -0.2) is 22.1 Å². The molecule has 1 unspecified atom stereocenters. The Hall–Kier alpha value is -3.43. The van der Waals surface area contributed by atoms with E-state index in [0.29, 0.717) is 17.5 Å². The molecule has 29 heavy (non-hydrogen) atoms. The van der Waals surface area contributed by atoms with Gasteiger partial charge in [0.1, 0.15) is 5.75 Å². The average Bonchev–Trinajstić information content (AvgIpc) is 2.76. The van der Waals surface area contributed by atoms with Crippen LogP contribution >= 0.6 is 0 Å². The van der Waals surface area contributed by atoms with Crippen molar-refractivity contribution >= 4 is 5.78 Å². The van der Waals surface area contributed by atoms with Gasteiger partial charge in [-0.2, -0.15) is 0 Å². The van der Waals surface area contributed by atoms with Crippen molar-refractivity contribution in [1.82, 2.24) is 0 Å². The molecule has 2 N–H and O–H groups in total. The van der Waals surface area contributed by atoms with Gasteiger partial charge in [0.15, 0.2) is 5.78 Å². The van der Waals surface area contributed by atoms with E-state index in [1.807, 2.05) is 66.7 Å². The van der Waals surface area contributed by atoms with E-state index in [2.05, 4.69) is 6.08 Å². The first-order valence-electron chi connectivity index (χ1n) is 9.72. The van der Waals surface area contributed by atoms with Gasteiger partial charge in [0.25, 0.3) is 0 Å². The first kappa shape index (κ1) is 17.7. The second kappa shape index (κ2) is 6.57. The van der Waals surface area contributed by atoms with Gasteiger partial charge >= 0.3 is 0 Å². The number of aromatic hydroxyl groups is 1. The molecule has 3 nitrogen and oxygen atoms in total. The highest BCUT2D eigenvalue weighted by atomic mass is 16.3. The third-order valence-corrected chi connectivity index (χ3v) is 5.96. The molecule has 0 heterocycles. The van der Waals surface area contributed by atoms with Crippen LogP contribution < -0.4 is 0 Å². The molecule has 5 rings (SSSR count). The second-order valence-corrected chi connectivity index (χ2v) is 7.54. The summed E-state index contributed by atoms with van der Waals surface area (Å²) in [6.45, 7) is 0. The van der Waals surface area contributed by atoms with Crippen molar-refractivity contribution in [2.45, 2.75) is 17.9 Å². The number of benzene rings is 3. The molecule has 0 saturated carbocycles. The van der Waals surface area contributed by atoms with Gasteiger partial charge in [-0.3, -0.25) is 4.79 Å². The van der Waals surface area contributed by atoms with Crippen LogP contribution in [0.3, 0.4) is 0 Å². The van der Waals surface area contributed by atoms with Crippen molar-refractivity contribution in [3.63, 3.8) is 0 Å². The summed E-state index contributed by atoms with van der Waals surface area (Å²) in [7, 11) is 0. The van der Waals surface area contributed by atoms with Crippen LogP contribution in [0.15, 0.2) is 96.6 Å². The number of carbonyl (C=O) groups is 1. The largest absolute Gasteiger partial charge is 0.508 e. The molecular weight excluding hydrogens is 360 g/mol. The number of hydrogen-bond acceptors (Lipinski definition) is 3. The van der Waals surface area contributed by atoms with E-state index in [0.717, 1.165) is 22.3 Å². The standard InChI is InChI=1S/C26H20O3/c27-19-13-9-17(10-14-19)26(18-11-15-20(28)16-12-18)23-7-3-1-5-21(23)25(29)22-6-2-4-8-24(22)26/h1-15,20,27-28H,16H2. The number of fused-ring (bicyclic) bond motifs is 2. The Kier molecular flexibility index (Phi) is 4.00. The Morgan fingerprint density at radius 1 is 0.828 bits per heavy atom. The summed E-state index contributed by atoms with van der Waals surface area (Å²) in [6, 6.07) is 22.7. The minimum atomic E-state index is -0.703. The Bertz CT molecular complexity index is 1120. The summed E-state index contributed by atoms with van der Waals surface area (Å²) in [4.78, 5) is 13.3. The van der Waals surface area contributed by atoms with Crippen molar-refractivity contribution < 1.29 is 15.0 Å². The van der Waals surface area contributed by atoms with Crippen molar-refractivity contribution in [3.05, 3.63) is 124 Å². The van der Waals surface area contributed by atoms with E-state index < -0.39 is 11.5 Å². The fraction of sp³-hybridized carbons (Fsp3) is 0.115. The molecule has 0 spiro atoms. The Labute approximate surface area is 169 Å². The molecule has 142 valence electrons. The molecule has 2 aliphatic rings. The molecule has 2 aliphatic carbocycles. The van der Waals surface area contributed by atoms with E-state index in [1.165, 1.54) is 0 Å². The number of carbonyl (C=O) groups excluding carboxylic acids is 1. The molecule has 3 aromatic rings. The molecule has 1 atom stereocenters. The predicted octanol–water partition coefficient (Wildman–Crippen LogP) is 4.52. The lowest BCUT2D eigenvalue weighted by Crippen LogP contribution is -2.39. The maximum Gasteiger partial charge on any atom is 0.193 e. The first-order valence-corrected chi connectivity index (χ1v) is 9.72. The number of aliphatic hydroxyl groups is 1. The van der Waals surface area contributed by atoms with Gasteiger partial charge in [0.2, 0.25) is 0 Å². The van der Waals surface area contributed by atoms with Crippen molar-refractivity contribution in [3.8, 4) is 5.75 Å². The van der Waals surface area contributed by atoms with Crippen LogP contribution in [0.1, 0.15) is 39.0 Å². The molecule has 0 fully saturated rings. The lowest BCUT2D eigenvalue weighted by Gasteiger charge is -2.43. The maximum atomic E-state index is 13.3. The minimum Gasteiger partial charge on any atom is -0.508 e. The van der Waals surface area contributed by atoms with Crippen LogP contribution in [0.2, 0.25) is 0 Å². The molecule has 3 aromatic carbocycles. The number of ketones is 1. The fourth-order valence-electron chi connectivity index (χ4n) is 4.69. The highest BCUT2D eigenvalue weighted by Gasteiger charge is 2.46. The Balaban J connectivity index is 1.93. The zero-order valence-corrected chi connectivity index (χ0v) is 15.7. The predicted molar refractivity (Wildman–Crippen MR) is 112 cm³/mol. The van der Waals surface area contributed by atoms with E-state index >= 15 is 0 Å². The highest BCUT2D eigenvalue weighted by Crippen LogP contribution is 2.52. The molecule has 0 bridgehead atoms. The van der Waals surface area contributed by atoms with E-state index in [1.54, 1.807) is 18.2 Å². The number of phenols is 1. The van der Waals surface area contributed by atoms with Crippen molar-refractivity contribution in [2.24, 2.45) is 0 Å². The van der Waals surface area contributed by atoms with Crippen LogP contribution in [0, 0.1) is 0 Å². The molecule has 0 aromatic heterocycles. The monoisotopic (exact) mass is 380 g/mol. The Morgan fingerprint density at radius 3 is 1.97 bits per heavy atom. The van der Waals surface area contributed by atoms with Crippen molar-refractivity contribution in [2.75, 3.05) is 0 Å². The van der Waals surface area contributed by atoms with Crippen LogP contribution in [0.5, 0.6) is 5.75 Å². The molecule has 0 saturated heterocycles. The molecule has 3 heteroatoms. The third kappa shape index (κ3) is 2.51. The van der Waals surface area contributed by atoms with Gasteiger partial charge in [0, 0.05) is 11.1 Å². The normalized spacial score (nSPS) is 19.3. The zero-order chi connectivity index (χ0) is 20.0. The summed E-state index contributed by atoms with van der Waals surface area (Å²) in [6.07, 6.45) is 5.83. The first-order chi connectivity index (χ1) is 14.1. The summed E-state index contributed by atoms with van der Waals surface area (Å²) >= 11 is 0. The van der Waals surface area contributed by atoms with Gasteiger partial charge in [-0.15, -0.1) is 0 Å². The number of phenolic OH excluding ortho intramolecular Hbond substituents is 1. The summed E-state index contributed by atoms with van der Waals surface area (Å²) in [5.41, 5.74) is 4.48. The number of allylic oxidation sites excluding steroid dienone is 2. The van der Waals surface area contributed by atoms with E-state index in [-0.39, 0.29) is 11.5 Å². The Morgan fingerprint density at radius 2 is 1.41 bits per heavy atom. The van der Waals surface area contributed by atoms with Gasteiger partial charge in [-0.25, -0.2) is 0 Å². The highest BCUT2D eigenvalue weighted by molar-refractivity contribution is 6.14. The molecular formula is C26H20O3. The van der Waals surface area contributed by atoms with Gasteiger partial charge in [-0.1, -0.05) is 78.9 Å². The van der Waals surface area contributed by atoms with Gasteiger partial charge in [0.05, 0.1) is 11.5 Å². The smallest absolute Gasteiger partial charge is 0.193 e. The number of hydrogen-bond donors (Lipinski definition) is 2. The second-order valence-electron chi connectivity index (χ2n) is 7.54. The number of rotatable bonds is 2. The van der Waals surface area contributed by atoms with Crippen LogP contribution in [0.25, 0.3) is 0 Å². The quantitative estimate of drug-likeness (QED) is 0.687. The van der Waals surface area contributed by atoms with Crippen molar-refractivity contribution in [1.29, 1.82) is 0 Å².